The first-order valence-electron chi connectivity index (χ1n) is 6.60. The quantitative estimate of drug-likeness (QED) is 0.638. The lowest BCUT2D eigenvalue weighted by Gasteiger charge is -2.45. The van der Waals surface area contributed by atoms with Gasteiger partial charge in [-0.25, -0.2) is 0 Å². The van der Waals surface area contributed by atoms with Gasteiger partial charge in [0.2, 0.25) is 0 Å². The first-order valence-corrected chi connectivity index (χ1v) is 6.60. The number of hydrogen-bond donors (Lipinski definition) is 1. The molecule has 0 aromatic carbocycles. The minimum Gasteiger partial charge on any atom is -0.460 e. The SMILES string of the molecule is CC1OC(=O)C2CC3CCCCC3CC12N. The molecule has 2 N–H and O–H groups in total. The molecule has 3 nitrogen and oxygen atoms in total. The minimum absolute atomic E-state index is 0.0261. The molecule has 2 aliphatic carbocycles. The molecule has 0 radical (unpaired) electrons. The Morgan fingerprint density at radius 2 is 2.00 bits per heavy atom. The second-order valence-electron chi connectivity index (χ2n) is 5.99. The maximum absolute atomic E-state index is 11.8. The minimum atomic E-state index is -0.365. The van der Waals surface area contributed by atoms with Crippen LogP contribution in [0.4, 0.5) is 0 Å². The summed E-state index contributed by atoms with van der Waals surface area (Å²) >= 11 is 0. The Hall–Kier alpha value is -0.570. The van der Waals surface area contributed by atoms with Crippen LogP contribution >= 0.6 is 0 Å². The topological polar surface area (TPSA) is 52.3 Å². The third-order valence-corrected chi connectivity index (χ3v) is 5.20. The molecule has 1 saturated heterocycles. The largest absolute Gasteiger partial charge is 0.460 e. The van der Waals surface area contributed by atoms with Crippen LogP contribution in [0.2, 0.25) is 0 Å². The van der Waals surface area contributed by atoms with Crippen molar-refractivity contribution in [1.82, 2.24) is 0 Å². The summed E-state index contributed by atoms with van der Waals surface area (Å²) in [4.78, 5) is 11.8. The Bertz CT molecular complexity index is 317. The number of fused-ring (bicyclic) bond motifs is 2. The van der Waals surface area contributed by atoms with E-state index in [4.69, 9.17) is 10.5 Å². The van der Waals surface area contributed by atoms with Crippen molar-refractivity contribution in [2.75, 3.05) is 0 Å². The highest BCUT2D eigenvalue weighted by Gasteiger charge is 2.57. The number of carbonyl (C=O) groups excluding carboxylic acids is 1. The fourth-order valence-electron chi connectivity index (χ4n) is 4.11. The summed E-state index contributed by atoms with van der Waals surface area (Å²) < 4.78 is 5.35. The maximum atomic E-state index is 11.8. The lowest BCUT2D eigenvalue weighted by molar-refractivity contribution is -0.144. The molecule has 90 valence electrons. The Morgan fingerprint density at radius 1 is 1.31 bits per heavy atom. The van der Waals surface area contributed by atoms with Gasteiger partial charge in [-0.2, -0.15) is 0 Å². The molecule has 0 aromatic heterocycles. The van der Waals surface area contributed by atoms with Gasteiger partial charge in [0, 0.05) is 0 Å². The Morgan fingerprint density at radius 3 is 2.75 bits per heavy atom. The van der Waals surface area contributed by atoms with E-state index in [0.717, 1.165) is 24.7 Å². The molecule has 0 spiro atoms. The van der Waals surface area contributed by atoms with Crippen molar-refractivity contribution < 1.29 is 9.53 Å². The average Bonchev–Trinajstić information content (AvgIpc) is 2.47. The molecule has 2 saturated carbocycles. The Labute approximate surface area is 96.7 Å². The van der Waals surface area contributed by atoms with E-state index in [1.54, 1.807) is 0 Å². The van der Waals surface area contributed by atoms with Gasteiger partial charge >= 0.3 is 5.97 Å². The van der Waals surface area contributed by atoms with Crippen molar-refractivity contribution in [3.8, 4) is 0 Å². The van der Waals surface area contributed by atoms with Crippen molar-refractivity contribution >= 4 is 5.97 Å². The summed E-state index contributed by atoms with van der Waals surface area (Å²) in [6, 6.07) is 0. The molecule has 3 aliphatic rings. The highest BCUT2D eigenvalue weighted by molar-refractivity contribution is 5.77. The normalized spacial score (nSPS) is 51.8. The number of cyclic esters (lactones) is 1. The van der Waals surface area contributed by atoms with E-state index in [-0.39, 0.29) is 23.5 Å². The van der Waals surface area contributed by atoms with Crippen LogP contribution in [0.1, 0.15) is 45.4 Å². The first kappa shape index (κ1) is 10.6. The fourth-order valence-corrected chi connectivity index (χ4v) is 4.11. The van der Waals surface area contributed by atoms with Crippen LogP contribution in [-0.2, 0) is 9.53 Å². The number of rotatable bonds is 0. The van der Waals surface area contributed by atoms with Crippen molar-refractivity contribution in [2.24, 2.45) is 23.5 Å². The number of hydrogen-bond acceptors (Lipinski definition) is 3. The van der Waals surface area contributed by atoms with E-state index in [9.17, 15) is 4.79 Å². The van der Waals surface area contributed by atoms with E-state index in [2.05, 4.69) is 0 Å². The van der Waals surface area contributed by atoms with Gasteiger partial charge in [0.15, 0.2) is 0 Å². The summed E-state index contributed by atoms with van der Waals surface area (Å²) in [5.74, 6) is 1.40. The third kappa shape index (κ3) is 1.33. The summed E-state index contributed by atoms with van der Waals surface area (Å²) in [5.41, 5.74) is 6.09. The monoisotopic (exact) mass is 223 g/mol. The summed E-state index contributed by atoms with van der Waals surface area (Å²) in [6.07, 6.45) is 7.14. The van der Waals surface area contributed by atoms with Crippen LogP contribution in [0.5, 0.6) is 0 Å². The average molecular weight is 223 g/mol. The van der Waals surface area contributed by atoms with E-state index in [1.807, 2.05) is 6.92 Å². The van der Waals surface area contributed by atoms with Crippen LogP contribution in [-0.4, -0.2) is 17.6 Å². The van der Waals surface area contributed by atoms with Gasteiger partial charge in [0.25, 0.3) is 0 Å². The van der Waals surface area contributed by atoms with Crippen molar-refractivity contribution in [3.63, 3.8) is 0 Å². The van der Waals surface area contributed by atoms with E-state index < -0.39 is 0 Å². The molecule has 16 heavy (non-hydrogen) atoms. The summed E-state index contributed by atoms with van der Waals surface area (Å²) in [6.45, 7) is 1.96. The highest BCUT2D eigenvalue weighted by atomic mass is 16.6. The Kier molecular flexibility index (Phi) is 2.29. The Balaban J connectivity index is 1.86. The van der Waals surface area contributed by atoms with Gasteiger partial charge in [-0.3, -0.25) is 4.79 Å². The molecule has 0 amide bonds. The maximum Gasteiger partial charge on any atom is 0.311 e. The van der Waals surface area contributed by atoms with Crippen molar-refractivity contribution in [1.29, 1.82) is 0 Å². The van der Waals surface area contributed by atoms with Gasteiger partial charge in [-0.05, 0) is 31.6 Å². The zero-order valence-corrected chi connectivity index (χ0v) is 9.95. The van der Waals surface area contributed by atoms with E-state index in [0.29, 0.717) is 0 Å². The zero-order chi connectivity index (χ0) is 11.3. The number of ether oxygens (including phenoxy) is 1. The molecule has 3 heteroatoms. The molecule has 1 heterocycles. The lowest BCUT2D eigenvalue weighted by Crippen LogP contribution is -2.57. The van der Waals surface area contributed by atoms with Gasteiger partial charge in [-0.15, -0.1) is 0 Å². The van der Waals surface area contributed by atoms with Gasteiger partial charge in [0.1, 0.15) is 6.10 Å². The molecule has 5 unspecified atom stereocenters. The van der Waals surface area contributed by atoms with Crippen LogP contribution in [0.15, 0.2) is 0 Å². The number of carbonyl (C=O) groups is 1. The molecule has 0 aromatic rings. The number of nitrogens with two attached hydrogens (primary N) is 1. The molecule has 3 rings (SSSR count). The molecule has 5 atom stereocenters. The van der Waals surface area contributed by atoms with Crippen LogP contribution in [0.3, 0.4) is 0 Å². The molecular formula is C13H21NO2. The zero-order valence-electron chi connectivity index (χ0n) is 9.95. The van der Waals surface area contributed by atoms with Crippen molar-refractivity contribution in [2.45, 2.75) is 57.1 Å². The molecule has 1 aliphatic heterocycles. The highest BCUT2D eigenvalue weighted by Crippen LogP contribution is 2.50. The standard InChI is InChI=1S/C13H21NO2/c1-8-13(14)7-10-5-3-2-4-9(10)6-11(13)12(15)16-8/h8-11H,2-7,14H2,1H3. The van der Waals surface area contributed by atoms with Crippen molar-refractivity contribution in [3.05, 3.63) is 0 Å². The van der Waals surface area contributed by atoms with Gasteiger partial charge in [-0.1, -0.05) is 25.7 Å². The fraction of sp³-hybridized carbons (Fsp3) is 0.923. The molecule has 3 fully saturated rings. The van der Waals surface area contributed by atoms with Gasteiger partial charge in [0.05, 0.1) is 11.5 Å². The molecular weight excluding hydrogens is 202 g/mol. The van der Waals surface area contributed by atoms with E-state index in [1.165, 1.54) is 25.7 Å². The second-order valence-corrected chi connectivity index (χ2v) is 5.99. The lowest BCUT2D eigenvalue weighted by atomic mass is 9.60. The predicted molar refractivity (Wildman–Crippen MR) is 60.6 cm³/mol. The third-order valence-electron chi connectivity index (χ3n) is 5.20. The second kappa shape index (κ2) is 3.46. The van der Waals surface area contributed by atoms with E-state index >= 15 is 0 Å². The van der Waals surface area contributed by atoms with Crippen LogP contribution in [0.25, 0.3) is 0 Å². The molecule has 0 bridgehead atoms. The number of esters is 1. The predicted octanol–water partition coefficient (Wildman–Crippen LogP) is 1.85. The summed E-state index contributed by atoms with van der Waals surface area (Å²) in [7, 11) is 0. The van der Waals surface area contributed by atoms with Gasteiger partial charge < -0.3 is 10.5 Å². The van der Waals surface area contributed by atoms with Crippen LogP contribution < -0.4 is 5.73 Å². The smallest absolute Gasteiger partial charge is 0.311 e. The summed E-state index contributed by atoms with van der Waals surface area (Å²) in [5, 5.41) is 0. The van der Waals surface area contributed by atoms with Crippen LogP contribution in [0, 0.1) is 17.8 Å². The first-order chi connectivity index (χ1) is 7.61.